The number of hydrogen-bond donors (Lipinski definition) is 2. The molecule has 0 saturated heterocycles. The minimum Gasteiger partial charge on any atom is -0.480 e. The number of halogens is 2. The number of hydrogen-bond acceptors (Lipinski definition) is 3. The van der Waals surface area contributed by atoms with Crippen LogP contribution in [-0.2, 0) is 9.59 Å². The summed E-state index contributed by atoms with van der Waals surface area (Å²) in [5.74, 6) is -3.92. The average molecular weight is 256 g/mol. The summed E-state index contributed by atoms with van der Waals surface area (Å²) in [7, 11) is 0. The van der Waals surface area contributed by atoms with Crippen LogP contribution in [0.15, 0.2) is 12.1 Å². The molecule has 18 heavy (non-hydrogen) atoms. The first kappa shape index (κ1) is 12.3. The molecule has 2 N–H and O–H groups in total. The van der Waals surface area contributed by atoms with Gasteiger partial charge in [0.2, 0.25) is 5.91 Å². The molecule has 0 aromatic heterocycles. The average Bonchev–Trinajstić information content (AvgIpc) is 2.28. The van der Waals surface area contributed by atoms with E-state index in [0.717, 1.165) is 17.0 Å². The van der Waals surface area contributed by atoms with Crippen molar-refractivity contribution < 1.29 is 23.5 Å². The summed E-state index contributed by atoms with van der Waals surface area (Å²) in [5.41, 5.74) is 0.224. The zero-order chi connectivity index (χ0) is 13.4. The van der Waals surface area contributed by atoms with Gasteiger partial charge in [-0.3, -0.25) is 14.5 Å². The second-order valence-electron chi connectivity index (χ2n) is 3.97. The zero-order valence-electron chi connectivity index (χ0n) is 9.41. The number of amides is 1. The van der Waals surface area contributed by atoms with E-state index in [1.54, 1.807) is 0 Å². The van der Waals surface area contributed by atoms with Gasteiger partial charge in [-0.05, 0) is 6.92 Å². The van der Waals surface area contributed by atoms with Crippen LogP contribution in [0.4, 0.5) is 20.2 Å². The lowest BCUT2D eigenvalue weighted by atomic mass is 10.1. The molecule has 0 bridgehead atoms. The van der Waals surface area contributed by atoms with E-state index in [4.69, 9.17) is 5.11 Å². The van der Waals surface area contributed by atoms with Crippen molar-refractivity contribution in [3.8, 4) is 0 Å². The molecule has 0 radical (unpaired) electrons. The first-order valence-electron chi connectivity index (χ1n) is 5.19. The summed E-state index contributed by atoms with van der Waals surface area (Å²) in [6.07, 6.45) is 0. The fourth-order valence-electron chi connectivity index (χ4n) is 1.82. The Morgan fingerprint density at radius 1 is 1.44 bits per heavy atom. The van der Waals surface area contributed by atoms with Crippen LogP contribution < -0.4 is 10.2 Å². The lowest BCUT2D eigenvalue weighted by Gasteiger charge is -2.32. The van der Waals surface area contributed by atoms with Gasteiger partial charge in [-0.15, -0.1) is 0 Å². The van der Waals surface area contributed by atoms with E-state index >= 15 is 0 Å². The smallest absolute Gasteiger partial charge is 0.323 e. The predicted molar refractivity (Wildman–Crippen MR) is 59.4 cm³/mol. The number of fused-ring (bicyclic) bond motifs is 1. The Kier molecular flexibility index (Phi) is 2.90. The molecule has 5 nitrogen and oxygen atoms in total. The van der Waals surface area contributed by atoms with Gasteiger partial charge in [-0.1, -0.05) is 0 Å². The summed E-state index contributed by atoms with van der Waals surface area (Å²) in [6.45, 7) is 0.921. The summed E-state index contributed by atoms with van der Waals surface area (Å²) >= 11 is 0. The van der Waals surface area contributed by atoms with Crippen molar-refractivity contribution in [1.29, 1.82) is 0 Å². The van der Waals surface area contributed by atoms with Crippen LogP contribution in [0.3, 0.4) is 0 Å². The first-order chi connectivity index (χ1) is 8.40. The highest BCUT2D eigenvalue weighted by atomic mass is 19.2. The molecule has 1 heterocycles. The summed E-state index contributed by atoms with van der Waals surface area (Å²) < 4.78 is 26.2. The van der Waals surface area contributed by atoms with Gasteiger partial charge in [-0.2, -0.15) is 0 Å². The molecule has 2 rings (SSSR count). The largest absolute Gasteiger partial charge is 0.480 e. The highest BCUT2D eigenvalue weighted by Gasteiger charge is 2.32. The van der Waals surface area contributed by atoms with Crippen LogP contribution in [0, 0.1) is 11.6 Å². The Morgan fingerprint density at radius 2 is 2.06 bits per heavy atom. The summed E-state index contributed by atoms with van der Waals surface area (Å²) in [5, 5.41) is 11.4. The second kappa shape index (κ2) is 4.25. The Hall–Kier alpha value is -2.18. The van der Waals surface area contributed by atoms with Crippen molar-refractivity contribution in [2.75, 3.05) is 16.8 Å². The number of carbonyl (C=O) groups is 2. The molecule has 0 fully saturated rings. The third-order valence-electron chi connectivity index (χ3n) is 2.63. The fraction of sp³-hybridized carbons (Fsp3) is 0.273. The molecule has 0 spiro atoms. The molecule has 1 aromatic carbocycles. The minimum atomic E-state index is -1.23. The molecule has 7 heteroatoms. The molecule has 1 atom stereocenters. The number of rotatable bonds is 2. The van der Waals surface area contributed by atoms with Crippen molar-refractivity contribution in [2.24, 2.45) is 0 Å². The zero-order valence-corrected chi connectivity index (χ0v) is 9.41. The monoisotopic (exact) mass is 256 g/mol. The lowest BCUT2D eigenvalue weighted by Crippen LogP contribution is -2.47. The van der Waals surface area contributed by atoms with Gasteiger partial charge in [0.25, 0.3) is 0 Å². The standard InChI is InChI=1S/C11H10F2N2O3/c1-5-11(18)15(4-10(16)17)9-3-7(13)6(12)2-8(9)14-5/h2-3,5,14H,4H2,1H3,(H,16,17). The van der Waals surface area contributed by atoms with E-state index < -0.39 is 36.1 Å². The van der Waals surface area contributed by atoms with E-state index in [0.29, 0.717) is 0 Å². The van der Waals surface area contributed by atoms with Crippen molar-refractivity contribution in [3.63, 3.8) is 0 Å². The van der Waals surface area contributed by atoms with Gasteiger partial charge >= 0.3 is 5.97 Å². The molecular formula is C11H10F2N2O3. The molecule has 1 aliphatic heterocycles. The molecule has 1 aliphatic rings. The van der Waals surface area contributed by atoms with E-state index in [9.17, 15) is 18.4 Å². The normalized spacial score (nSPS) is 18.3. The Morgan fingerprint density at radius 3 is 2.67 bits per heavy atom. The maximum Gasteiger partial charge on any atom is 0.323 e. The van der Waals surface area contributed by atoms with E-state index in [1.807, 2.05) is 0 Å². The van der Waals surface area contributed by atoms with E-state index in [1.165, 1.54) is 6.92 Å². The number of nitrogens with one attached hydrogen (secondary N) is 1. The first-order valence-corrected chi connectivity index (χ1v) is 5.19. The molecule has 96 valence electrons. The number of benzene rings is 1. The number of carboxylic acids is 1. The molecule has 1 amide bonds. The van der Waals surface area contributed by atoms with Crippen LogP contribution in [0.1, 0.15) is 6.92 Å². The highest BCUT2D eigenvalue weighted by molar-refractivity contribution is 6.07. The maximum atomic E-state index is 13.2. The van der Waals surface area contributed by atoms with Gasteiger partial charge in [-0.25, -0.2) is 8.78 Å². The van der Waals surface area contributed by atoms with Gasteiger partial charge < -0.3 is 10.4 Å². The van der Waals surface area contributed by atoms with Gasteiger partial charge in [0, 0.05) is 12.1 Å². The Labute approximate surface area is 101 Å². The predicted octanol–water partition coefficient (Wildman–Crippen LogP) is 1.20. The van der Waals surface area contributed by atoms with Crippen molar-refractivity contribution in [2.45, 2.75) is 13.0 Å². The van der Waals surface area contributed by atoms with Crippen molar-refractivity contribution in [1.82, 2.24) is 0 Å². The van der Waals surface area contributed by atoms with Crippen LogP contribution in [0.25, 0.3) is 0 Å². The quantitative estimate of drug-likeness (QED) is 0.834. The highest BCUT2D eigenvalue weighted by Crippen LogP contribution is 2.33. The van der Waals surface area contributed by atoms with Crippen LogP contribution >= 0.6 is 0 Å². The maximum absolute atomic E-state index is 13.2. The minimum absolute atomic E-state index is 0.0272. The van der Waals surface area contributed by atoms with Crippen LogP contribution in [-0.4, -0.2) is 29.6 Å². The molecule has 1 unspecified atom stereocenters. The van der Waals surface area contributed by atoms with Gasteiger partial charge in [0.1, 0.15) is 12.6 Å². The third-order valence-corrected chi connectivity index (χ3v) is 2.63. The second-order valence-corrected chi connectivity index (χ2v) is 3.97. The van der Waals surface area contributed by atoms with Gasteiger partial charge in [0.15, 0.2) is 11.6 Å². The van der Waals surface area contributed by atoms with Crippen LogP contribution in [0.2, 0.25) is 0 Å². The third kappa shape index (κ3) is 1.99. The van der Waals surface area contributed by atoms with Crippen molar-refractivity contribution >= 4 is 23.3 Å². The number of nitrogens with zero attached hydrogens (tertiary/aromatic N) is 1. The Balaban J connectivity index is 2.51. The summed E-state index contributed by atoms with van der Waals surface area (Å²) in [6, 6.07) is 1.02. The molecule has 0 saturated carbocycles. The molecule has 0 aliphatic carbocycles. The lowest BCUT2D eigenvalue weighted by molar-refractivity contribution is -0.136. The number of aliphatic carboxylic acids is 1. The number of carbonyl (C=O) groups excluding carboxylic acids is 1. The SMILES string of the molecule is CC1Nc2cc(F)c(F)cc2N(CC(=O)O)C1=O. The Bertz CT molecular complexity index is 533. The topological polar surface area (TPSA) is 69.6 Å². The van der Waals surface area contributed by atoms with Gasteiger partial charge in [0.05, 0.1) is 11.4 Å². The van der Waals surface area contributed by atoms with E-state index in [-0.39, 0.29) is 11.4 Å². The fourth-order valence-corrected chi connectivity index (χ4v) is 1.82. The summed E-state index contributed by atoms with van der Waals surface area (Å²) in [4.78, 5) is 23.4. The van der Waals surface area contributed by atoms with E-state index in [2.05, 4.69) is 5.32 Å². The molecular weight excluding hydrogens is 246 g/mol. The number of carboxylic acid groups (broad SMARTS) is 1. The van der Waals surface area contributed by atoms with Crippen LogP contribution in [0.5, 0.6) is 0 Å². The molecule has 1 aromatic rings. The number of anilines is 2. The van der Waals surface area contributed by atoms with Crippen molar-refractivity contribution in [3.05, 3.63) is 23.8 Å².